The maximum Gasteiger partial charge on any atom is 0.225 e. The molecule has 1 fully saturated rings. The van der Waals surface area contributed by atoms with E-state index in [1.807, 2.05) is 12.1 Å². The molecule has 2 heterocycles. The predicted octanol–water partition coefficient (Wildman–Crippen LogP) is 0.823. The average Bonchev–Trinajstić information content (AvgIpc) is 3.11. The summed E-state index contributed by atoms with van der Waals surface area (Å²) in [5.74, 6) is 0.675. The van der Waals surface area contributed by atoms with Crippen LogP contribution in [0.4, 0.5) is 0 Å². The molecule has 0 bridgehead atoms. The largest absolute Gasteiger partial charge is 0.469 e. The Bertz CT molecular complexity index is 458. The number of carbonyl (C=O) groups is 2. The first kappa shape index (κ1) is 15.6. The van der Waals surface area contributed by atoms with Gasteiger partial charge in [0.25, 0.3) is 0 Å². The van der Waals surface area contributed by atoms with Crippen molar-refractivity contribution in [2.45, 2.75) is 19.3 Å². The molecule has 0 spiro atoms. The SMILES string of the molecule is COCCN1C[C@H](C(=O)NCCCc2ccco2)CC1=O. The molecule has 1 atom stereocenters. The molecule has 1 saturated heterocycles. The van der Waals surface area contributed by atoms with Crippen molar-refractivity contribution < 1.29 is 18.7 Å². The van der Waals surface area contributed by atoms with Crippen molar-refractivity contribution in [1.29, 1.82) is 0 Å². The molecule has 0 unspecified atom stereocenters. The molecule has 0 aromatic carbocycles. The van der Waals surface area contributed by atoms with Crippen LogP contribution in [0, 0.1) is 5.92 Å². The summed E-state index contributed by atoms with van der Waals surface area (Å²) in [6.07, 6.45) is 3.57. The van der Waals surface area contributed by atoms with Crippen molar-refractivity contribution in [3.8, 4) is 0 Å². The van der Waals surface area contributed by atoms with Crippen LogP contribution in [0.5, 0.6) is 0 Å². The van der Waals surface area contributed by atoms with Gasteiger partial charge in [0.1, 0.15) is 5.76 Å². The Hall–Kier alpha value is -1.82. The summed E-state index contributed by atoms with van der Waals surface area (Å²) in [7, 11) is 1.60. The lowest BCUT2D eigenvalue weighted by Crippen LogP contribution is -2.34. The second-order valence-corrected chi connectivity index (χ2v) is 5.21. The first-order valence-corrected chi connectivity index (χ1v) is 7.27. The van der Waals surface area contributed by atoms with Gasteiger partial charge in [0, 0.05) is 39.6 Å². The minimum absolute atomic E-state index is 0.0304. The van der Waals surface area contributed by atoms with Crippen LogP contribution in [-0.4, -0.2) is 50.1 Å². The summed E-state index contributed by atoms with van der Waals surface area (Å²) in [4.78, 5) is 25.5. The van der Waals surface area contributed by atoms with Crippen molar-refractivity contribution in [2.75, 3.05) is 33.4 Å². The van der Waals surface area contributed by atoms with Crippen LogP contribution < -0.4 is 5.32 Å². The highest BCUT2D eigenvalue weighted by molar-refractivity contribution is 5.89. The zero-order valence-corrected chi connectivity index (χ0v) is 12.3. The molecule has 1 N–H and O–H groups in total. The number of aryl methyl sites for hydroxylation is 1. The summed E-state index contributed by atoms with van der Waals surface area (Å²) in [6, 6.07) is 3.78. The fourth-order valence-electron chi connectivity index (χ4n) is 2.44. The maximum absolute atomic E-state index is 12.0. The van der Waals surface area contributed by atoms with Crippen molar-refractivity contribution >= 4 is 11.8 Å². The molecule has 1 aromatic heterocycles. The lowest BCUT2D eigenvalue weighted by atomic mass is 10.1. The first-order chi connectivity index (χ1) is 10.2. The van der Waals surface area contributed by atoms with E-state index in [0.717, 1.165) is 18.6 Å². The fraction of sp³-hybridized carbons (Fsp3) is 0.600. The van der Waals surface area contributed by atoms with Crippen LogP contribution in [-0.2, 0) is 20.7 Å². The minimum Gasteiger partial charge on any atom is -0.469 e. The van der Waals surface area contributed by atoms with E-state index in [9.17, 15) is 9.59 Å². The summed E-state index contributed by atoms with van der Waals surface area (Å²) in [6.45, 7) is 2.15. The Kier molecular flexibility index (Phi) is 5.80. The van der Waals surface area contributed by atoms with Crippen LogP contribution >= 0.6 is 0 Å². The number of amides is 2. The number of nitrogens with zero attached hydrogens (tertiary/aromatic N) is 1. The molecular formula is C15H22N2O4. The lowest BCUT2D eigenvalue weighted by molar-refractivity contribution is -0.129. The van der Waals surface area contributed by atoms with Crippen LogP contribution in [0.25, 0.3) is 0 Å². The van der Waals surface area contributed by atoms with Crippen molar-refractivity contribution in [2.24, 2.45) is 5.92 Å². The highest BCUT2D eigenvalue weighted by atomic mass is 16.5. The standard InChI is InChI=1S/C15H22N2O4/c1-20-9-7-17-11-12(10-14(17)18)15(19)16-6-2-4-13-5-3-8-21-13/h3,5,8,12H,2,4,6-7,9-11H2,1H3,(H,16,19)/t12-/m1/s1. The second kappa shape index (κ2) is 7.83. The number of rotatable bonds is 8. The van der Waals surface area contributed by atoms with Crippen LogP contribution in [0.2, 0.25) is 0 Å². The molecule has 6 nitrogen and oxygen atoms in total. The van der Waals surface area contributed by atoms with Gasteiger partial charge in [0.2, 0.25) is 11.8 Å². The van der Waals surface area contributed by atoms with Crippen LogP contribution in [0.3, 0.4) is 0 Å². The monoisotopic (exact) mass is 294 g/mol. The van der Waals surface area contributed by atoms with Gasteiger partial charge in [-0.2, -0.15) is 0 Å². The Balaban J connectivity index is 1.65. The van der Waals surface area contributed by atoms with Gasteiger partial charge in [-0.05, 0) is 18.6 Å². The van der Waals surface area contributed by atoms with E-state index in [0.29, 0.717) is 32.7 Å². The Morgan fingerprint density at radius 2 is 2.43 bits per heavy atom. The number of ether oxygens (including phenoxy) is 1. The van der Waals surface area contributed by atoms with E-state index in [4.69, 9.17) is 9.15 Å². The van der Waals surface area contributed by atoms with Gasteiger partial charge in [0.05, 0.1) is 18.8 Å². The number of methoxy groups -OCH3 is 1. The van der Waals surface area contributed by atoms with Gasteiger partial charge in [-0.25, -0.2) is 0 Å². The lowest BCUT2D eigenvalue weighted by Gasteiger charge is -2.15. The van der Waals surface area contributed by atoms with Crippen molar-refractivity contribution in [1.82, 2.24) is 10.2 Å². The molecule has 1 aliphatic heterocycles. The van der Waals surface area contributed by atoms with Gasteiger partial charge in [-0.3, -0.25) is 9.59 Å². The normalized spacial score (nSPS) is 18.2. The highest BCUT2D eigenvalue weighted by Gasteiger charge is 2.33. The molecule has 0 saturated carbocycles. The average molecular weight is 294 g/mol. The summed E-state index contributed by atoms with van der Waals surface area (Å²) in [5.41, 5.74) is 0. The van der Waals surface area contributed by atoms with Crippen LogP contribution in [0.15, 0.2) is 22.8 Å². The number of hydrogen-bond acceptors (Lipinski definition) is 4. The second-order valence-electron chi connectivity index (χ2n) is 5.21. The molecule has 0 aliphatic carbocycles. The number of carbonyl (C=O) groups excluding carboxylic acids is 2. The van der Waals surface area contributed by atoms with E-state index in [-0.39, 0.29) is 17.7 Å². The van der Waals surface area contributed by atoms with Gasteiger partial charge < -0.3 is 19.4 Å². The third kappa shape index (κ3) is 4.60. The highest BCUT2D eigenvalue weighted by Crippen LogP contribution is 2.17. The number of likely N-dealkylation sites (tertiary alicyclic amines) is 1. The maximum atomic E-state index is 12.0. The summed E-state index contributed by atoms with van der Waals surface area (Å²) >= 11 is 0. The fourth-order valence-corrected chi connectivity index (χ4v) is 2.44. The molecule has 2 amide bonds. The topological polar surface area (TPSA) is 71.8 Å². The van der Waals surface area contributed by atoms with Crippen molar-refractivity contribution in [3.05, 3.63) is 24.2 Å². The number of nitrogens with one attached hydrogen (secondary N) is 1. The smallest absolute Gasteiger partial charge is 0.225 e. The third-order valence-electron chi connectivity index (χ3n) is 3.63. The van der Waals surface area contributed by atoms with E-state index in [2.05, 4.69) is 5.32 Å². The molecule has 0 radical (unpaired) electrons. The number of furan rings is 1. The van der Waals surface area contributed by atoms with Crippen LogP contribution in [0.1, 0.15) is 18.6 Å². The molecule has 1 aromatic rings. The van der Waals surface area contributed by atoms with Gasteiger partial charge in [-0.15, -0.1) is 0 Å². The third-order valence-corrected chi connectivity index (χ3v) is 3.63. The molecular weight excluding hydrogens is 272 g/mol. The number of hydrogen-bond donors (Lipinski definition) is 1. The predicted molar refractivity (Wildman–Crippen MR) is 76.6 cm³/mol. The van der Waals surface area contributed by atoms with Gasteiger partial charge >= 0.3 is 0 Å². The van der Waals surface area contributed by atoms with E-state index >= 15 is 0 Å². The Morgan fingerprint density at radius 3 is 3.14 bits per heavy atom. The molecule has 116 valence electrons. The minimum atomic E-state index is -0.238. The molecule has 2 rings (SSSR count). The Morgan fingerprint density at radius 1 is 1.57 bits per heavy atom. The van der Waals surface area contributed by atoms with E-state index in [1.165, 1.54) is 0 Å². The zero-order valence-electron chi connectivity index (χ0n) is 12.3. The van der Waals surface area contributed by atoms with E-state index in [1.54, 1.807) is 18.3 Å². The molecule has 21 heavy (non-hydrogen) atoms. The van der Waals surface area contributed by atoms with Gasteiger partial charge in [-0.1, -0.05) is 0 Å². The quantitative estimate of drug-likeness (QED) is 0.721. The first-order valence-electron chi connectivity index (χ1n) is 7.27. The van der Waals surface area contributed by atoms with Gasteiger partial charge in [0.15, 0.2) is 0 Å². The summed E-state index contributed by atoms with van der Waals surface area (Å²) in [5, 5.41) is 2.89. The molecule has 1 aliphatic rings. The molecule has 6 heteroatoms. The van der Waals surface area contributed by atoms with Crippen molar-refractivity contribution in [3.63, 3.8) is 0 Å². The summed E-state index contributed by atoms with van der Waals surface area (Å²) < 4.78 is 10.2. The zero-order chi connectivity index (χ0) is 15.1. The Labute approximate surface area is 124 Å². The van der Waals surface area contributed by atoms with E-state index < -0.39 is 0 Å².